The Morgan fingerprint density at radius 1 is 1.19 bits per heavy atom. The number of rotatable bonds is 2. The average Bonchev–Trinajstić information content (AvgIpc) is 2.40. The molecule has 0 saturated carbocycles. The number of anilines is 2. The predicted molar refractivity (Wildman–Crippen MR) is 68.0 cm³/mol. The molecule has 0 atom stereocenters. The number of alkyl halides is 3. The van der Waals surface area contributed by atoms with E-state index < -0.39 is 29.0 Å². The third-order valence-corrected chi connectivity index (χ3v) is 2.58. The number of carbonyl (C=O) groups is 1. The van der Waals surface area contributed by atoms with Gasteiger partial charge in [0, 0.05) is 0 Å². The van der Waals surface area contributed by atoms with Crippen molar-refractivity contribution in [2.24, 2.45) is 0 Å². The van der Waals surface area contributed by atoms with Gasteiger partial charge in [-0.1, -0.05) is 0 Å². The molecule has 0 aliphatic heterocycles. The van der Waals surface area contributed by atoms with Gasteiger partial charge in [0.1, 0.15) is 11.6 Å². The van der Waals surface area contributed by atoms with E-state index in [1.165, 1.54) is 18.3 Å². The van der Waals surface area contributed by atoms with Crippen LogP contribution < -0.4 is 11.1 Å². The van der Waals surface area contributed by atoms with Crippen LogP contribution in [0.25, 0.3) is 0 Å². The van der Waals surface area contributed by atoms with E-state index >= 15 is 0 Å². The minimum Gasteiger partial charge on any atom is -0.384 e. The molecule has 0 unspecified atom stereocenters. The number of nitrogens with two attached hydrogens (primary N) is 1. The first-order valence-electron chi connectivity index (χ1n) is 5.67. The van der Waals surface area contributed by atoms with E-state index in [9.17, 15) is 22.4 Å². The van der Waals surface area contributed by atoms with Crippen LogP contribution in [0.15, 0.2) is 36.5 Å². The van der Waals surface area contributed by atoms with Crippen molar-refractivity contribution in [3.63, 3.8) is 0 Å². The first-order chi connectivity index (χ1) is 9.77. The second kappa shape index (κ2) is 5.39. The molecule has 1 aromatic carbocycles. The maximum atomic E-state index is 13.5. The number of aromatic nitrogens is 1. The third-order valence-electron chi connectivity index (χ3n) is 2.58. The van der Waals surface area contributed by atoms with Crippen LogP contribution >= 0.6 is 0 Å². The van der Waals surface area contributed by atoms with Gasteiger partial charge in [0.15, 0.2) is 0 Å². The zero-order valence-electron chi connectivity index (χ0n) is 10.4. The molecule has 1 amide bonds. The average molecular weight is 299 g/mol. The van der Waals surface area contributed by atoms with Gasteiger partial charge in [-0.3, -0.25) is 4.79 Å². The van der Waals surface area contributed by atoms with Gasteiger partial charge >= 0.3 is 6.18 Å². The second-order valence-corrected chi connectivity index (χ2v) is 4.12. The molecule has 110 valence electrons. The smallest absolute Gasteiger partial charge is 0.384 e. The van der Waals surface area contributed by atoms with Crippen LogP contribution in [0.4, 0.5) is 29.1 Å². The molecule has 2 aromatic rings. The van der Waals surface area contributed by atoms with Crippen LogP contribution in [0.5, 0.6) is 0 Å². The van der Waals surface area contributed by atoms with Crippen LogP contribution in [0.2, 0.25) is 0 Å². The van der Waals surface area contributed by atoms with Gasteiger partial charge in [0.05, 0.1) is 23.0 Å². The Morgan fingerprint density at radius 2 is 1.90 bits per heavy atom. The van der Waals surface area contributed by atoms with E-state index in [0.717, 1.165) is 0 Å². The number of amides is 1. The molecule has 0 aliphatic rings. The van der Waals surface area contributed by atoms with E-state index in [2.05, 4.69) is 10.3 Å². The lowest BCUT2D eigenvalue weighted by molar-refractivity contribution is -0.137. The molecule has 2 rings (SSSR count). The third kappa shape index (κ3) is 3.47. The van der Waals surface area contributed by atoms with Crippen molar-refractivity contribution >= 4 is 17.4 Å². The minimum atomic E-state index is -4.66. The van der Waals surface area contributed by atoms with Gasteiger partial charge in [-0.05, 0) is 30.3 Å². The first kappa shape index (κ1) is 14.8. The number of pyridine rings is 1. The molecule has 4 nitrogen and oxygen atoms in total. The fraction of sp³-hybridized carbons (Fsp3) is 0.0769. The van der Waals surface area contributed by atoms with Crippen molar-refractivity contribution in [1.82, 2.24) is 4.98 Å². The number of hydrogen-bond donors (Lipinski definition) is 2. The molecular weight excluding hydrogens is 290 g/mol. The van der Waals surface area contributed by atoms with Crippen molar-refractivity contribution in [2.75, 3.05) is 11.1 Å². The van der Waals surface area contributed by atoms with Gasteiger partial charge in [-0.2, -0.15) is 13.2 Å². The Balaban J connectivity index is 2.28. The normalized spacial score (nSPS) is 11.2. The summed E-state index contributed by atoms with van der Waals surface area (Å²) in [5.74, 6) is -1.85. The van der Waals surface area contributed by atoms with Crippen LogP contribution in [0, 0.1) is 5.82 Å². The second-order valence-electron chi connectivity index (χ2n) is 4.12. The van der Waals surface area contributed by atoms with E-state index in [1.807, 2.05) is 0 Å². The largest absolute Gasteiger partial charge is 0.416 e. The Labute approximate surface area is 116 Å². The van der Waals surface area contributed by atoms with Crippen LogP contribution in [-0.2, 0) is 6.18 Å². The maximum Gasteiger partial charge on any atom is 0.416 e. The standard InChI is InChI=1S/C13H9F4N3O/c14-10-3-1-7(13(15,16)17)5-9(10)12(21)20-8-2-4-11(18)19-6-8/h1-6H,(H2,18,19)(H,20,21). The summed E-state index contributed by atoms with van der Waals surface area (Å²) in [6, 6.07) is 4.40. The lowest BCUT2D eigenvalue weighted by Crippen LogP contribution is -2.16. The van der Waals surface area contributed by atoms with Crippen molar-refractivity contribution in [3.05, 3.63) is 53.5 Å². The highest BCUT2D eigenvalue weighted by Crippen LogP contribution is 2.30. The lowest BCUT2D eigenvalue weighted by Gasteiger charge is -2.10. The quantitative estimate of drug-likeness (QED) is 0.837. The lowest BCUT2D eigenvalue weighted by atomic mass is 10.1. The summed E-state index contributed by atoms with van der Waals surface area (Å²) >= 11 is 0. The molecule has 0 aliphatic carbocycles. The molecule has 1 aromatic heterocycles. The summed E-state index contributed by atoms with van der Waals surface area (Å²) in [6.45, 7) is 0. The first-order valence-corrected chi connectivity index (χ1v) is 5.67. The molecule has 0 saturated heterocycles. The molecular formula is C13H9F4N3O. The Hall–Kier alpha value is -2.64. The van der Waals surface area contributed by atoms with Gasteiger partial charge < -0.3 is 11.1 Å². The highest BCUT2D eigenvalue weighted by molar-refractivity contribution is 6.04. The van der Waals surface area contributed by atoms with E-state index in [-0.39, 0.29) is 11.5 Å². The number of benzene rings is 1. The zero-order valence-corrected chi connectivity index (χ0v) is 10.4. The van der Waals surface area contributed by atoms with Crippen molar-refractivity contribution in [1.29, 1.82) is 0 Å². The van der Waals surface area contributed by atoms with E-state index in [4.69, 9.17) is 5.73 Å². The molecule has 0 fully saturated rings. The summed E-state index contributed by atoms with van der Waals surface area (Å²) in [4.78, 5) is 15.5. The Kier molecular flexibility index (Phi) is 3.79. The molecule has 21 heavy (non-hydrogen) atoms. The number of nitrogen functional groups attached to an aromatic ring is 1. The number of nitrogens with zero attached hydrogens (tertiary/aromatic N) is 1. The fourth-order valence-corrected chi connectivity index (χ4v) is 1.55. The Morgan fingerprint density at radius 3 is 2.48 bits per heavy atom. The monoisotopic (exact) mass is 299 g/mol. The fourth-order valence-electron chi connectivity index (χ4n) is 1.55. The summed E-state index contributed by atoms with van der Waals surface area (Å²) in [7, 11) is 0. The van der Waals surface area contributed by atoms with Crippen molar-refractivity contribution in [2.45, 2.75) is 6.18 Å². The number of halogens is 4. The van der Waals surface area contributed by atoms with Crippen LogP contribution in [0.1, 0.15) is 15.9 Å². The van der Waals surface area contributed by atoms with E-state index in [1.54, 1.807) is 0 Å². The maximum absolute atomic E-state index is 13.5. The molecule has 3 N–H and O–H groups in total. The number of hydrogen-bond acceptors (Lipinski definition) is 3. The summed E-state index contributed by atoms with van der Waals surface area (Å²) in [6.07, 6.45) is -3.45. The molecule has 0 spiro atoms. The highest BCUT2D eigenvalue weighted by atomic mass is 19.4. The number of carbonyl (C=O) groups excluding carboxylic acids is 1. The predicted octanol–water partition coefficient (Wildman–Crippen LogP) is 3.07. The zero-order chi connectivity index (χ0) is 15.6. The van der Waals surface area contributed by atoms with Gasteiger partial charge in [-0.15, -0.1) is 0 Å². The summed E-state index contributed by atoms with van der Waals surface area (Å²) in [5.41, 5.74) is 3.72. The minimum absolute atomic E-state index is 0.186. The molecule has 0 bridgehead atoms. The molecule has 1 heterocycles. The van der Waals surface area contributed by atoms with Crippen molar-refractivity contribution < 1.29 is 22.4 Å². The number of nitrogens with one attached hydrogen (secondary N) is 1. The molecule has 0 radical (unpaired) electrons. The van der Waals surface area contributed by atoms with Gasteiger partial charge in [0.25, 0.3) is 5.91 Å². The topological polar surface area (TPSA) is 68.0 Å². The van der Waals surface area contributed by atoms with Gasteiger partial charge in [0.2, 0.25) is 0 Å². The Bertz CT molecular complexity index is 668. The highest BCUT2D eigenvalue weighted by Gasteiger charge is 2.31. The van der Waals surface area contributed by atoms with Gasteiger partial charge in [-0.25, -0.2) is 9.37 Å². The van der Waals surface area contributed by atoms with Crippen LogP contribution in [-0.4, -0.2) is 10.9 Å². The summed E-state index contributed by atoms with van der Waals surface area (Å²) < 4.78 is 51.2. The summed E-state index contributed by atoms with van der Waals surface area (Å²) in [5, 5.41) is 2.24. The molecule has 8 heteroatoms. The SMILES string of the molecule is Nc1ccc(NC(=O)c2cc(C(F)(F)F)ccc2F)cn1. The van der Waals surface area contributed by atoms with E-state index in [0.29, 0.717) is 18.2 Å². The van der Waals surface area contributed by atoms with Crippen molar-refractivity contribution in [3.8, 4) is 0 Å². The van der Waals surface area contributed by atoms with Crippen LogP contribution in [0.3, 0.4) is 0 Å².